The number of nitro benzene ring substituents is 1. The maximum absolute atomic E-state index is 11.4. The summed E-state index contributed by atoms with van der Waals surface area (Å²) in [5, 5.41) is 13.2. The Hall–Kier alpha value is -2.15. The molecule has 0 atom stereocenters. The number of nitrogens with zero attached hydrogens (tertiary/aromatic N) is 1. The van der Waals surface area contributed by atoms with Gasteiger partial charge in [0.15, 0.2) is 6.61 Å². The number of carbonyl (C=O) groups excluding carboxylic acids is 1. The second-order valence-electron chi connectivity index (χ2n) is 3.85. The minimum Gasteiger partial charge on any atom is -0.484 e. The smallest absolute Gasteiger partial charge is 0.273 e. The van der Waals surface area contributed by atoms with Gasteiger partial charge in [0.1, 0.15) is 5.75 Å². The molecule has 1 amide bonds. The van der Waals surface area contributed by atoms with Gasteiger partial charge in [-0.25, -0.2) is 0 Å². The molecule has 96 valence electrons. The Kier molecular flexibility index (Phi) is 3.73. The van der Waals surface area contributed by atoms with Gasteiger partial charge in [0, 0.05) is 6.07 Å². The van der Waals surface area contributed by atoms with Gasteiger partial charge in [-0.15, -0.1) is 0 Å². The standard InChI is InChI=1S/C11H12N2O5/c14-11(12-8-5-17-6-8)7-18-10-3-1-2-9(4-10)13(15)16/h1-4,8H,5-7H2,(H,12,14). The van der Waals surface area contributed by atoms with Crippen LogP contribution in [0.2, 0.25) is 0 Å². The van der Waals surface area contributed by atoms with Crippen molar-refractivity contribution in [1.29, 1.82) is 0 Å². The van der Waals surface area contributed by atoms with Gasteiger partial charge < -0.3 is 14.8 Å². The van der Waals surface area contributed by atoms with Crippen molar-refractivity contribution < 1.29 is 19.2 Å². The van der Waals surface area contributed by atoms with Crippen LogP contribution < -0.4 is 10.1 Å². The third-order valence-electron chi connectivity index (χ3n) is 2.40. The van der Waals surface area contributed by atoms with Crippen molar-refractivity contribution in [3.63, 3.8) is 0 Å². The van der Waals surface area contributed by atoms with Crippen LogP contribution in [0.4, 0.5) is 5.69 Å². The van der Waals surface area contributed by atoms with E-state index in [4.69, 9.17) is 9.47 Å². The topological polar surface area (TPSA) is 90.7 Å². The summed E-state index contributed by atoms with van der Waals surface area (Å²) >= 11 is 0. The van der Waals surface area contributed by atoms with E-state index in [2.05, 4.69) is 5.32 Å². The Morgan fingerprint density at radius 1 is 1.56 bits per heavy atom. The van der Waals surface area contributed by atoms with E-state index in [0.29, 0.717) is 19.0 Å². The van der Waals surface area contributed by atoms with Crippen molar-refractivity contribution in [1.82, 2.24) is 5.32 Å². The molecule has 2 rings (SSSR count). The quantitative estimate of drug-likeness (QED) is 0.608. The van der Waals surface area contributed by atoms with E-state index >= 15 is 0 Å². The molecule has 0 spiro atoms. The van der Waals surface area contributed by atoms with E-state index in [1.165, 1.54) is 18.2 Å². The number of amides is 1. The third-order valence-corrected chi connectivity index (χ3v) is 2.40. The second kappa shape index (κ2) is 5.46. The summed E-state index contributed by atoms with van der Waals surface area (Å²) < 4.78 is 10.1. The molecule has 1 fully saturated rings. The fourth-order valence-corrected chi connectivity index (χ4v) is 1.42. The molecule has 7 heteroatoms. The lowest BCUT2D eigenvalue weighted by atomic mass is 10.2. The zero-order chi connectivity index (χ0) is 13.0. The van der Waals surface area contributed by atoms with Gasteiger partial charge >= 0.3 is 0 Å². The Morgan fingerprint density at radius 3 is 2.94 bits per heavy atom. The highest BCUT2D eigenvalue weighted by molar-refractivity contribution is 5.78. The number of carbonyl (C=O) groups is 1. The molecule has 0 radical (unpaired) electrons. The first-order valence-electron chi connectivity index (χ1n) is 5.39. The van der Waals surface area contributed by atoms with Crippen LogP contribution >= 0.6 is 0 Å². The van der Waals surface area contributed by atoms with Crippen molar-refractivity contribution in [3.8, 4) is 5.75 Å². The third kappa shape index (κ3) is 3.17. The zero-order valence-corrected chi connectivity index (χ0v) is 9.50. The number of hydrogen-bond donors (Lipinski definition) is 1. The average molecular weight is 252 g/mol. The van der Waals surface area contributed by atoms with Crippen molar-refractivity contribution in [3.05, 3.63) is 34.4 Å². The Morgan fingerprint density at radius 2 is 2.33 bits per heavy atom. The number of nitrogens with one attached hydrogen (secondary N) is 1. The SMILES string of the molecule is O=C(COc1cccc([N+](=O)[O-])c1)NC1COC1. The largest absolute Gasteiger partial charge is 0.484 e. The highest BCUT2D eigenvalue weighted by atomic mass is 16.6. The van der Waals surface area contributed by atoms with E-state index in [9.17, 15) is 14.9 Å². The molecular formula is C11H12N2O5. The van der Waals surface area contributed by atoms with E-state index < -0.39 is 4.92 Å². The van der Waals surface area contributed by atoms with Crippen LogP contribution in [0.15, 0.2) is 24.3 Å². The van der Waals surface area contributed by atoms with Crippen LogP contribution in [-0.4, -0.2) is 36.7 Å². The van der Waals surface area contributed by atoms with Crippen molar-refractivity contribution in [2.45, 2.75) is 6.04 Å². The minimum absolute atomic E-state index is 0.0474. The molecule has 1 heterocycles. The molecule has 0 bridgehead atoms. The van der Waals surface area contributed by atoms with Crippen LogP contribution in [0.5, 0.6) is 5.75 Å². The lowest BCUT2D eigenvalue weighted by molar-refractivity contribution is -0.384. The van der Waals surface area contributed by atoms with E-state index in [0.717, 1.165) is 0 Å². The van der Waals surface area contributed by atoms with Gasteiger partial charge in [-0.05, 0) is 6.07 Å². The summed E-state index contributed by atoms with van der Waals surface area (Å²) in [6.45, 7) is 0.864. The zero-order valence-electron chi connectivity index (χ0n) is 9.50. The molecule has 0 aromatic heterocycles. The van der Waals surface area contributed by atoms with Crippen LogP contribution in [0.25, 0.3) is 0 Å². The first-order valence-corrected chi connectivity index (χ1v) is 5.39. The first kappa shape index (κ1) is 12.3. The Labute approximate surface area is 103 Å². The van der Waals surface area contributed by atoms with Gasteiger partial charge in [-0.3, -0.25) is 14.9 Å². The fraction of sp³-hybridized carbons (Fsp3) is 0.364. The first-order chi connectivity index (χ1) is 8.65. The predicted molar refractivity (Wildman–Crippen MR) is 61.3 cm³/mol. The fourth-order valence-electron chi connectivity index (χ4n) is 1.42. The summed E-state index contributed by atoms with van der Waals surface area (Å²) in [5.41, 5.74) is -0.0692. The van der Waals surface area contributed by atoms with Crippen molar-refractivity contribution in [2.24, 2.45) is 0 Å². The summed E-state index contributed by atoms with van der Waals surface area (Å²) in [4.78, 5) is 21.4. The molecular weight excluding hydrogens is 240 g/mol. The number of benzene rings is 1. The molecule has 1 aromatic rings. The number of hydrogen-bond acceptors (Lipinski definition) is 5. The van der Waals surface area contributed by atoms with E-state index in [1.807, 2.05) is 0 Å². The second-order valence-corrected chi connectivity index (χ2v) is 3.85. The molecule has 7 nitrogen and oxygen atoms in total. The molecule has 1 saturated heterocycles. The number of rotatable bonds is 5. The molecule has 0 aliphatic carbocycles. The lowest BCUT2D eigenvalue weighted by Crippen LogP contribution is -2.49. The lowest BCUT2D eigenvalue weighted by Gasteiger charge is -2.26. The van der Waals surface area contributed by atoms with E-state index in [-0.39, 0.29) is 24.2 Å². The summed E-state index contributed by atoms with van der Waals surface area (Å²) in [5.74, 6) is 0.0269. The molecule has 1 aliphatic rings. The maximum Gasteiger partial charge on any atom is 0.273 e. The summed E-state index contributed by atoms with van der Waals surface area (Å²) in [6, 6.07) is 5.75. The highest BCUT2D eigenvalue weighted by Crippen LogP contribution is 2.18. The minimum atomic E-state index is -0.515. The van der Waals surface area contributed by atoms with Gasteiger partial charge in [-0.1, -0.05) is 6.07 Å². The number of ether oxygens (including phenoxy) is 2. The molecule has 0 saturated carbocycles. The van der Waals surface area contributed by atoms with Gasteiger partial charge in [0.05, 0.1) is 30.2 Å². The Balaban J connectivity index is 1.83. The van der Waals surface area contributed by atoms with Crippen LogP contribution in [0.1, 0.15) is 0 Å². The average Bonchev–Trinajstić information content (AvgIpc) is 2.31. The monoisotopic (exact) mass is 252 g/mol. The maximum atomic E-state index is 11.4. The van der Waals surface area contributed by atoms with Crippen LogP contribution in [0, 0.1) is 10.1 Å². The molecule has 1 aromatic carbocycles. The van der Waals surface area contributed by atoms with Crippen molar-refractivity contribution in [2.75, 3.05) is 19.8 Å². The Bertz CT molecular complexity index is 459. The summed E-state index contributed by atoms with van der Waals surface area (Å²) in [6.07, 6.45) is 0. The highest BCUT2D eigenvalue weighted by Gasteiger charge is 2.20. The van der Waals surface area contributed by atoms with Crippen LogP contribution in [0.3, 0.4) is 0 Å². The summed E-state index contributed by atoms with van der Waals surface area (Å²) in [7, 11) is 0. The van der Waals surface area contributed by atoms with Crippen molar-refractivity contribution >= 4 is 11.6 Å². The number of nitro groups is 1. The molecule has 1 aliphatic heterocycles. The van der Waals surface area contributed by atoms with Gasteiger partial charge in [-0.2, -0.15) is 0 Å². The molecule has 0 unspecified atom stereocenters. The van der Waals surface area contributed by atoms with Gasteiger partial charge in [0.2, 0.25) is 0 Å². The number of non-ortho nitro benzene ring substituents is 1. The molecule has 18 heavy (non-hydrogen) atoms. The van der Waals surface area contributed by atoms with E-state index in [1.54, 1.807) is 6.07 Å². The van der Waals surface area contributed by atoms with Gasteiger partial charge in [0.25, 0.3) is 11.6 Å². The normalized spacial score (nSPS) is 14.7. The van der Waals surface area contributed by atoms with Crippen LogP contribution in [-0.2, 0) is 9.53 Å². The molecule has 1 N–H and O–H groups in total. The predicted octanol–water partition coefficient (Wildman–Crippen LogP) is 0.489.